The van der Waals surface area contributed by atoms with Gasteiger partial charge in [-0.15, -0.1) is 0 Å². The first-order valence-electron chi connectivity index (χ1n) is 15.9. The minimum atomic E-state index is -0.689. The van der Waals surface area contributed by atoms with Crippen molar-refractivity contribution >= 4 is 46.2 Å². The number of benzene rings is 3. The van der Waals surface area contributed by atoms with Gasteiger partial charge in [-0.1, -0.05) is 25.1 Å². The molecule has 1 unspecified atom stereocenters. The van der Waals surface area contributed by atoms with E-state index in [0.717, 1.165) is 57.1 Å². The van der Waals surface area contributed by atoms with Gasteiger partial charge in [-0.25, -0.2) is 0 Å². The number of anilines is 3. The van der Waals surface area contributed by atoms with Crippen LogP contribution in [0, 0.1) is 0 Å². The topological polar surface area (TPSA) is 77.6 Å². The van der Waals surface area contributed by atoms with Crippen molar-refractivity contribution in [3.8, 4) is 11.5 Å². The summed E-state index contributed by atoms with van der Waals surface area (Å²) in [5.74, 6) is 1.04. The van der Waals surface area contributed by atoms with Crippen LogP contribution in [0.3, 0.4) is 0 Å². The number of carbonyl (C=O) groups is 2. The lowest BCUT2D eigenvalue weighted by Crippen LogP contribution is -2.47. The standard InChI is InChI=1S/C35H43N5O4S/c1-3-25-44-31-15-11-27(12-16-31)36-33(41)26-32-34(42)40(29-13-17-30(18-14-29)43-4-2)35(45)39(32)20-8-19-37-21-23-38(24-22-37)28-9-6-5-7-10-28/h5-7,9-18,32H,3-4,8,19-26H2,1-2H3,(H,36,41). The minimum absolute atomic E-state index is 0.00363. The summed E-state index contributed by atoms with van der Waals surface area (Å²) in [5, 5.41) is 3.37. The molecule has 2 fully saturated rings. The van der Waals surface area contributed by atoms with Crippen LogP contribution in [-0.2, 0) is 9.59 Å². The lowest BCUT2D eigenvalue weighted by molar-refractivity contribution is -0.124. The van der Waals surface area contributed by atoms with E-state index in [9.17, 15) is 9.59 Å². The summed E-state index contributed by atoms with van der Waals surface area (Å²) >= 11 is 5.89. The number of piperazine rings is 1. The van der Waals surface area contributed by atoms with Gasteiger partial charge in [0, 0.05) is 44.1 Å². The summed E-state index contributed by atoms with van der Waals surface area (Å²) in [5.41, 5.74) is 2.58. The summed E-state index contributed by atoms with van der Waals surface area (Å²) in [6.45, 7) is 10.6. The van der Waals surface area contributed by atoms with Crippen molar-refractivity contribution in [1.82, 2.24) is 9.80 Å². The van der Waals surface area contributed by atoms with E-state index in [1.54, 1.807) is 4.90 Å². The Morgan fingerprint density at radius 2 is 1.51 bits per heavy atom. The molecule has 1 atom stereocenters. The van der Waals surface area contributed by atoms with Gasteiger partial charge in [-0.2, -0.15) is 0 Å². The van der Waals surface area contributed by atoms with E-state index >= 15 is 0 Å². The number of amides is 2. The van der Waals surface area contributed by atoms with Crippen molar-refractivity contribution in [3.63, 3.8) is 0 Å². The highest BCUT2D eigenvalue weighted by Crippen LogP contribution is 2.29. The first kappa shape index (κ1) is 32.2. The molecule has 2 saturated heterocycles. The molecule has 2 aliphatic rings. The molecular weight excluding hydrogens is 586 g/mol. The second-order valence-corrected chi connectivity index (χ2v) is 11.6. The van der Waals surface area contributed by atoms with Crippen molar-refractivity contribution < 1.29 is 19.1 Å². The lowest BCUT2D eigenvalue weighted by Gasteiger charge is -2.36. The SMILES string of the molecule is CCCOc1ccc(NC(=O)CC2C(=O)N(c3ccc(OCC)cc3)C(=S)N2CCCN2CCN(c3ccccc3)CC2)cc1. The largest absolute Gasteiger partial charge is 0.494 e. The number of nitrogens with zero attached hydrogens (tertiary/aromatic N) is 4. The molecule has 0 bridgehead atoms. The lowest BCUT2D eigenvalue weighted by atomic mass is 10.1. The van der Waals surface area contributed by atoms with Crippen LogP contribution in [0.5, 0.6) is 11.5 Å². The first-order chi connectivity index (χ1) is 22.0. The Morgan fingerprint density at radius 1 is 0.844 bits per heavy atom. The molecule has 0 radical (unpaired) electrons. The fourth-order valence-corrected chi connectivity index (χ4v) is 6.17. The summed E-state index contributed by atoms with van der Waals surface area (Å²) in [6, 6.07) is 24.5. The van der Waals surface area contributed by atoms with Gasteiger partial charge in [0.05, 0.1) is 25.3 Å². The summed E-state index contributed by atoms with van der Waals surface area (Å²) < 4.78 is 11.2. The molecule has 3 aromatic rings. The van der Waals surface area contributed by atoms with Crippen LogP contribution in [0.2, 0.25) is 0 Å². The second kappa shape index (κ2) is 15.7. The van der Waals surface area contributed by atoms with Gasteiger partial charge in [-0.3, -0.25) is 19.4 Å². The highest BCUT2D eigenvalue weighted by molar-refractivity contribution is 7.80. The Labute approximate surface area is 271 Å². The summed E-state index contributed by atoms with van der Waals surface area (Å²) in [6.07, 6.45) is 1.74. The zero-order valence-electron chi connectivity index (χ0n) is 26.2. The first-order valence-corrected chi connectivity index (χ1v) is 16.3. The molecule has 45 heavy (non-hydrogen) atoms. The van der Waals surface area contributed by atoms with Gasteiger partial charge < -0.3 is 24.6 Å². The zero-order chi connectivity index (χ0) is 31.6. The normalized spacial score (nSPS) is 17.1. The van der Waals surface area contributed by atoms with E-state index in [1.807, 2.05) is 66.4 Å². The maximum absolute atomic E-state index is 13.9. The smallest absolute Gasteiger partial charge is 0.256 e. The fraction of sp³-hybridized carbons (Fsp3) is 0.400. The highest BCUT2D eigenvalue weighted by Gasteiger charge is 2.44. The number of carbonyl (C=O) groups excluding carboxylic acids is 2. The molecular formula is C35H43N5O4S. The van der Waals surface area contributed by atoms with E-state index in [0.29, 0.717) is 36.2 Å². The Hall–Kier alpha value is -4.15. The van der Waals surface area contributed by atoms with Gasteiger partial charge >= 0.3 is 0 Å². The van der Waals surface area contributed by atoms with Gasteiger partial charge in [0.1, 0.15) is 17.5 Å². The molecule has 9 nitrogen and oxygen atoms in total. The average molecular weight is 630 g/mol. The van der Waals surface area contributed by atoms with Crippen LogP contribution >= 0.6 is 12.2 Å². The fourth-order valence-electron chi connectivity index (χ4n) is 5.76. The van der Waals surface area contributed by atoms with E-state index in [4.69, 9.17) is 21.7 Å². The van der Waals surface area contributed by atoms with Crippen molar-refractivity contribution in [1.29, 1.82) is 0 Å². The molecule has 238 valence electrons. The minimum Gasteiger partial charge on any atom is -0.494 e. The molecule has 1 N–H and O–H groups in total. The van der Waals surface area contributed by atoms with Crippen molar-refractivity contribution in [3.05, 3.63) is 78.9 Å². The molecule has 2 heterocycles. The highest BCUT2D eigenvalue weighted by atomic mass is 32.1. The Morgan fingerprint density at radius 3 is 2.18 bits per heavy atom. The van der Waals surface area contributed by atoms with Crippen molar-refractivity contribution in [2.24, 2.45) is 0 Å². The number of thiocarbonyl (C=S) groups is 1. The van der Waals surface area contributed by atoms with Crippen molar-refractivity contribution in [2.45, 2.75) is 39.2 Å². The molecule has 0 saturated carbocycles. The molecule has 0 aliphatic carbocycles. The number of ether oxygens (including phenoxy) is 2. The number of rotatable bonds is 14. The van der Waals surface area contributed by atoms with Gasteiger partial charge in [-0.05, 0) is 99.2 Å². The van der Waals surface area contributed by atoms with Crippen molar-refractivity contribution in [2.75, 3.05) is 67.6 Å². The predicted molar refractivity (Wildman–Crippen MR) is 183 cm³/mol. The molecule has 0 aromatic heterocycles. The molecule has 2 amide bonds. The third-order valence-corrected chi connectivity index (χ3v) is 8.50. The van der Waals surface area contributed by atoms with Gasteiger partial charge in [0.25, 0.3) is 5.91 Å². The molecule has 0 spiro atoms. The number of nitrogens with one attached hydrogen (secondary N) is 1. The Bertz CT molecular complexity index is 1410. The third kappa shape index (κ3) is 8.32. The quantitative estimate of drug-likeness (QED) is 0.237. The summed E-state index contributed by atoms with van der Waals surface area (Å²) in [4.78, 5) is 35.5. The number of hydrogen-bond acceptors (Lipinski definition) is 7. The van der Waals surface area contributed by atoms with E-state index < -0.39 is 6.04 Å². The summed E-state index contributed by atoms with van der Waals surface area (Å²) in [7, 11) is 0. The zero-order valence-corrected chi connectivity index (χ0v) is 27.0. The van der Waals surface area contributed by atoms with Gasteiger partial charge in [0.2, 0.25) is 5.91 Å². The third-order valence-electron chi connectivity index (χ3n) is 8.08. The average Bonchev–Trinajstić information content (AvgIpc) is 3.29. The van der Waals surface area contributed by atoms with Crippen LogP contribution in [0.4, 0.5) is 17.1 Å². The van der Waals surface area contributed by atoms with Crippen LogP contribution in [0.15, 0.2) is 78.9 Å². The maximum atomic E-state index is 13.9. The van der Waals surface area contributed by atoms with E-state index in [1.165, 1.54) is 5.69 Å². The van der Waals surface area contributed by atoms with Crippen LogP contribution in [-0.4, -0.2) is 85.3 Å². The Kier molecular flexibility index (Phi) is 11.3. The molecule has 10 heteroatoms. The number of hydrogen-bond donors (Lipinski definition) is 1. The van der Waals surface area contributed by atoms with Crippen LogP contribution < -0.4 is 24.6 Å². The monoisotopic (exact) mass is 629 g/mol. The van der Waals surface area contributed by atoms with Crippen LogP contribution in [0.1, 0.15) is 33.1 Å². The predicted octanol–water partition coefficient (Wildman–Crippen LogP) is 5.42. The number of para-hydroxylation sites is 1. The molecule has 2 aliphatic heterocycles. The van der Waals surface area contributed by atoms with Crippen LogP contribution in [0.25, 0.3) is 0 Å². The maximum Gasteiger partial charge on any atom is 0.256 e. The second-order valence-electron chi connectivity index (χ2n) is 11.2. The molecule has 5 rings (SSSR count). The van der Waals surface area contributed by atoms with E-state index in [-0.39, 0.29) is 18.2 Å². The van der Waals surface area contributed by atoms with E-state index in [2.05, 4.69) is 46.3 Å². The van der Waals surface area contributed by atoms with Gasteiger partial charge in [0.15, 0.2) is 5.11 Å². The Balaban J connectivity index is 1.22. The molecule has 3 aromatic carbocycles.